The Morgan fingerprint density at radius 3 is 3.00 bits per heavy atom. The van der Waals surface area contributed by atoms with Crippen molar-refractivity contribution in [3.63, 3.8) is 0 Å². The number of ether oxygens (including phenoxy) is 1. The number of hydrogen-bond acceptors (Lipinski definition) is 4. The molecule has 0 aliphatic carbocycles. The Hall–Kier alpha value is -2.55. The Morgan fingerprint density at radius 1 is 1.48 bits per heavy atom. The van der Waals surface area contributed by atoms with Crippen molar-refractivity contribution in [2.45, 2.75) is 12.8 Å². The zero-order valence-corrected chi connectivity index (χ0v) is 11.9. The molecule has 0 fully saturated rings. The standard InChI is InChI=1S/C15H17N3O3/c1-17(9-4-8-16)14(19)7-10-18-12-5-2-3-6-13(12)21-11-15(18)20/h2-3,5-6H,4,7,9-11H2,1H3. The first-order chi connectivity index (χ1) is 10.1. The van der Waals surface area contributed by atoms with Gasteiger partial charge in [-0.05, 0) is 12.1 Å². The summed E-state index contributed by atoms with van der Waals surface area (Å²) >= 11 is 0. The monoisotopic (exact) mass is 287 g/mol. The van der Waals surface area contributed by atoms with E-state index in [1.54, 1.807) is 24.1 Å². The first-order valence-electron chi connectivity index (χ1n) is 6.76. The maximum absolute atomic E-state index is 12.0. The van der Waals surface area contributed by atoms with Crippen molar-refractivity contribution in [2.75, 3.05) is 31.6 Å². The highest BCUT2D eigenvalue weighted by atomic mass is 16.5. The molecule has 1 aliphatic heterocycles. The van der Waals surface area contributed by atoms with E-state index < -0.39 is 0 Å². The number of fused-ring (bicyclic) bond motifs is 1. The number of hydrogen-bond donors (Lipinski definition) is 0. The second kappa shape index (κ2) is 6.75. The van der Waals surface area contributed by atoms with E-state index in [2.05, 4.69) is 0 Å². The first-order valence-corrected chi connectivity index (χ1v) is 6.76. The summed E-state index contributed by atoms with van der Waals surface area (Å²) in [7, 11) is 1.66. The van der Waals surface area contributed by atoms with Gasteiger partial charge in [-0.15, -0.1) is 0 Å². The summed E-state index contributed by atoms with van der Waals surface area (Å²) in [5.41, 5.74) is 0.696. The third-order valence-electron chi connectivity index (χ3n) is 3.34. The van der Waals surface area contributed by atoms with Crippen molar-refractivity contribution in [1.29, 1.82) is 5.26 Å². The number of anilines is 1. The molecule has 2 rings (SSSR count). The van der Waals surface area contributed by atoms with E-state index in [-0.39, 0.29) is 24.8 Å². The number of carbonyl (C=O) groups is 2. The van der Waals surface area contributed by atoms with E-state index >= 15 is 0 Å². The average Bonchev–Trinajstić information content (AvgIpc) is 2.51. The van der Waals surface area contributed by atoms with Crippen molar-refractivity contribution in [3.8, 4) is 11.8 Å². The maximum Gasteiger partial charge on any atom is 0.265 e. The molecule has 0 saturated carbocycles. The fourth-order valence-electron chi connectivity index (χ4n) is 2.14. The molecule has 1 aliphatic rings. The van der Waals surface area contributed by atoms with Crippen LogP contribution in [0, 0.1) is 11.3 Å². The highest BCUT2D eigenvalue weighted by molar-refractivity contribution is 5.98. The molecule has 21 heavy (non-hydrogen) atoms. The van der Waals surface area contributed by atoms with Crippen LogP contribution >= 0.6 is 0 Å². The molecular weight excluding hydrogens is 270 g/mol. The third kappa shape index (κ3) is 3.51. The summed E-state index contributed by atoms with van der Waals surface area (Å²) in [6.45, 7) is 0.716. The quantitative estimate of drug-likeness (QED) is 0.815. The van der Waals surface area contributed by atoms with E-state index in [1.165, 1.54) is 4.90 Å². The van der Waals surface area contributed by atoms with Crippen molar-refractivity contribution in [1.82, 2.24) is 4.90 Å². The predicted molar refractivity (Wildman–Crippen MR) is 76.8 cm³/mol. The van der Waals surface area contributed by atoms with E-state index in [4.69, 9.17) is 10.00 Å². The summed E-state index contributed by atoms with van der Waals surface area (Å²) < 4.78 is 5.35. The summed E-state index contributed by atoms with van der Waals surface area (Å²) in [4.78, 5) is 27.0. The third-order valence-corrected chi connectivity index (χ3v) is 3.34. The number of para-hydroxylation sites is 2. The minimum atomic E-state index is -0.152. The van der Waals surface area contributed by atoms with Gasteiger partial charge in [0.25, 0.3) is 5.91 Å². The van der Waals surface area contributed by atoms with Gasteiger partial charge < -0.3 is 14.5 Å². The Bertz CT molecular complexity index is 580. The number of carbonyl (C=O) groups excluding carboxylic acids is 2. The molecule has 0 aromatic heterocycles. The van der Waals surface area contributed by atoms with Crippen LogP contribution in [-0.2, 0) is 9.59 Å². The maximum atomic E-state index is 12.0. The van der Waals surface area contributed by atoms with E-state index in [9.17, 15) is 9.59 Å². The van der Waals surface area contributed by atoms with Gasteiger partial charge in [0.2, 0.25) is 5.91 Å². The lowest BCUT2D eigenvalue weighted by Gasteiger charge is -2.29. The van der Waals surface area contributed by atoms with Gasteiger partial charge in [0.1, 0.15) is 5.75 Å². The van der Waals surface area contributed by atoms with Crippen LogP contribution in [0.4, 0.5) is 5.69 Å². The molecule has 0 radical (unpaired) electrons. The molecule has 2 amide bonds. The SMILES string of the molecule is CN(CCC#N)C(=O)CCN1C(=O)COc2ccccc21. The molecule has 0 N–H and O–H groups in total. The fraction of sp³-hybridized carbons (Fsp3) is 0.400. The topological polar surface area (TPSA) is 73.6 Å². The molecule has 0 unspecified atom stereocenters. The van der Waals surface area contributed by atoms with Crippen LogP contribution in [0.15, 0.2) is 24.3 Å². The number of amides is 2. The van der Waals surface area contributed by atoms with Gasteiger partial charge in [0.15, 0.2) is 6.61 Å². The molecule has 1 aromatic rings. The zero-order chi connectivity index (χ0) is 15.2. The number of nitrogens with zero attached hydrogens (tertiary/aromatic N) is 3. The minimum absolute atomic E-state index is 0.00449. The molecular formula is C15H17N3O3. The van der Waals surface area contributed by atoms with Crippen molar-refractivity contribution in [2.24, 2.45) is 0 Å². The Morgan fingerprint density at radius 2 is 2.24 bits per heavy atom. The van der Waals surface area contributed by atoms with Crippen LogP contribution < -0.4 is 9.64 Å². The lowest BCUT2D eigenvalue weighted by Crippen LogP contribution is -2.41. The van der Waals surface area contributed by atoms with E-state index in [1.807, 2.05) is 18.2 Å². The predicted octanol–water partition coefficient (Wildman–Crippen LogP) is 1.17. The van der Waals surface area contributed by atoms with Crippen LogP contribution in [0.3, 0.4) is 0 Å². The highest BCUT2D eigenvalue weighted by Gasteiger charge is 2.25. The number of benzene rings is 1. The summed E-state index contributed by atoms with van der Waals surface area (Å²) in [5.74, 6) is 0.422. The molecule has 0 bridgehead atoms. The second-order valence-electron chi connectivity index (χ2n) is 4.78. The largest absolute Gasteiger partial charge is 0.482 e. The van der Waals surface area contributed by atoms with Crippen molar-refractivity contribution < 1.29 is 14.3 Å². The molecule has 1 heterocycles. The zero-order valence-electron chi connectivity index (χ0n) is 11.9. The lowest BCUT2D eigenvalue weighted by atomic mass is 10.2. The normalized spacial score (nSPS) is 13.1. The molecule has 0 saturated heterocycles. The Kier molecular flexibility index (Phi) is 4.77. The summed E-state index contributed by atoms with van der Waals surface area (Å²) in [6.07, 6.45) is 0.531. The molecule has 0 atom stereocenters. The molecule has 6 nitrogen and oxygen atoms in total. The van der Waals surface area contributed by atoms with Gasteiger partial charge in [0, 0.05) is 26.6 Å². The van der Waals surface area contributed by atoms with Gasteiger partial charge in [-0.3, -0.25) is 9.59 Å². The number of nitriles is 1. The minimum Gasteiger partial charge on any atom is -0.482 e. The van der Waals surface area contributed by atoms with Gasteiger partial charge in [-0.25, -0.2) is 0 Å². The summed E-state index contributed by atoms with van der Waals surface area (Å²) in [5, 5.41) is 8.52. The van der Waals surface area contributed by atoms with Crippen LogP contribution in [0.25, 0.3) is 0 Å². The molecule has 0 spiro atoms. The summed E-state index contributed by atoms with van der Waals surface area (Å²) in [6, 6.07) is 9.28. The fourth-order valence-corrected chi connectivity index (χ4v) is 2.14. The first kappa shape index (κ1) is 14.9. The van der Waals surface area contributed by atoms with E-state index in [0.29, 0.717) is 30.9 Å². The van der Waals surface area contributed by atoms with Crippen molar-refractivity contribution in [3.05, 3.63) is 24.3 Å². The lowest BCUT2D eigenvalue weighted by molar-refractivity contribution is -0.129. The van der Waals surface area contributed by atoms with E-state index in [0.717, 1.165) is 0 Å². The van der Waals surface area contributed by atoms with Crippen molar-refractivity contribution >= 4 is 17.5 Å². The number of rotatable bonds is 5. The average molecular weight is 287 g/mol. The van der Waals surface area contributed by atoms with Crippen LogP contribution in [0.2, 0.25) is 0 Å². The molecule has 6 heteroatoms. The smallest absolute Gasteiger partial charge is 0.265 e. The van der Waals surface area contributed by atoms with Gasteiger partial charge in [0.05, 0.1) is 18.2 Å². The second-order valence-corrected chi connectivity index (χ2v) is 4.78. The molecule has 1 aromatic carbocycles. The van der Waals surface area contributed by atoms with Crippen LogP contribution in [0.1, 0.15) is 12.8 Å². The Balaban J connectivity index is 1.98. The van der Waals surface area contributed by atoms with Gasteiger partial charge >= 0.3 is 0 Å². The van der Waals surface area contributed by atoms with Gasteiger partial charge in [-0.2, -0.15) is 5.26 Å². The molecule has 110 valence electrons. The Labute approximate surface area is 123 Å². The highest BCUT2D eigenvalue weighted by Crippen LogP contribution is 2.31. The van der Waals surface area contributed by atoms with Crippen LogP contribution in [0.5, 0.6) is 5.75 Å². The van der Waals surface area contributed by atoms with Gasteiger partial charge in [-0.1, -0.05) is 12.1 Å². The van der Waals surface area contributed by atoms with Crippen LogP contribution in [-0.4, -0.2) is 43.5 Å².